The van der Waals surface area contributed by atoms with Crippen molar-refractivity contribution in [2.45, 2.75) is 6.92 Å². The molecule has 3 rings (SSSR count). The van der Waals surface area contributed by atoms with Gasteiger partial charge in [-0.3, -0.25) is 14.9 Å². The highest BCUT2D eigenvalue weighted by Crippen LogP contribution is 2.20. The van der Waals surface area contributed by atoms with Gasteiger partial charge in [0.15, 0.2) is 5.82 Å². The number of hydrogen-bond donors (Lipinski definition) is 2. The van der Waals surface area contributed by atoms with E-state index in [0.717, 1.165) is 16.5 Å². The van der Waals surface area contributed by atoms with Crippen molar-refractivity contribution in [3.05, 3.63) is 53.9 Å². The summed E-state index contributed by atoms with van der Waals surface area (Å²) in [6.45, 7) is 1.85. The minimum absolute atomic E-state index is 0.254. The van der Waals surface area contributed by atoms with Gasteiger partial charge < -0.3 is 5.32 Å². The number of carbonyl (C=O) groups is 1. The fraction of sp³-hybridized carbons (Fsp3) is 0.0714. The summed E-state index contributed by atoms with van der Waals surface area (Å²) in [6.07, 6.45) is 1.60. The Kier molecular flexibility index (Phi) is 2.72. The van der Waals surface area contributed by atoms with Gasteiger partial charge in [-0.15, -0.1) is 0 Å². The maximum Gasteiger partial charge on any atom is 0.275 e. The molecule has 0 radical (unpaired) electrons. The number of H-pyrrole nitrogens is 1. The molecule has 3 aromatic rings. The molecule has 19 heavy (non-hydrogen) atoms. The van der Waals surface area contributed by atoms with Crippen molar-refractivity contribution in [1.82, 2.24) is 15.2 Å². The van der Waals surface area contributed by atoms with Crippen molar-refractivity contribution in [3.63, 3.8) is 0 Å². The molecular formula is C14H12N4O. The van der Waals surface area contributed by atoms with Gasteiger partial charge in [0.2, 0.25) is 0 Å². The SMILES string of the molecule is Cc1cccnc1C(=O)Nc1n[nH]c2ccccc12. The third kappa shape index (κ3) is 2.06. The number of aromatic nitrogens is 3. The summed E-state index contributed by atoms with van der Waals surface area (Å²) in [5.74, 6) is 0.265. The van der Waals surface area contributed by atoms with Crippen LogP contribution in [0, 0.1) is 6.92 Å². The quantitative estimate of drug-likeness (QED) is 0.736. The fourth-order valence-electron chi connectivity index (χ4n) is 1.95. The van der Waals surface area contributed by atoms with Crippen LogP contribution in [0.3, 0.4) is 0 Å². The predicted octanol–water partition coefficient (Wildman–Crippen LogP) is 2.52. The first-order valence-corrected chi connectivity index (χ1v) is 5.92. The monoisotopic (exact) mass is 252 g/mol. The normalized spacial score (nSPS) is 10.6. The minimum Gasteiger partial charge on any atom is -0.303 e. The van der Waals surface area contributed by atoms with Crippen LogP contribution in [-0.2, 0) is 0 Å². The van der Waals surface area contributed by atoms with Crippen LogP contribution >= 0.6 is 0 Å². The van der Waals surface area contributed by atoms with Gasteiger partial charge in [0.1, 0.15) is 5.69 Å². The molecule has 0 saturated carbocycles. The van der Waals surface area contributed by atoms with E-state index in [0.29, 0.717) is 11.5 Å². The van der Waals surface area contributed by atoms with Crippen LogP contribution in [0.2, 0.25) is 0 Å². The number of aromatic amines is 1. The second kappa shape index (κ2) is 4.53. The first-order valence-electron chi connectivity index (χ1n) is 5.92. The van der Waals surface area contributed by atoms with E-state index >= 15 is 0 Å². The lowest BCUT2D eigenvalue weighted by Crippen LogP contribution is -2.15. The third-order valence-electron chi connectivity index (χ3n) is 2.93. The molecule has 0 aliphatic rings. The molecule has 5 heteroatoms. The van der Waals surface area contributed by atoms with Gasteiger partial charge in [-0.1, -0.05) is 18.2 Å². The van der Waals surface area contributed by atoms with Gasteiger partial charge >= 0.3 is 0 Å². The van der Waals surface area contributed by atoms with E-state index in [1.54, 1.807) is 12.3 Å². The van der Waals surface area contributed by atoms with Crippen LogP contribution in [0.25, 0.3) is 10.9 Å². The summed E-state index contributed by atoms with van der Waals surface area (Å²) in [5, 5.41) is 10.6. The lowest BCUT2D eigenvalue weighted by Gasteiger charge is -2.04. The van der Waals surface area contributed by atoms with E-state index in [9.17, 15) is 4.79 Å². The minimum atomic E-state index is -0.254. The summed E-state index contributed by atoms with van der Waals surface area (Å²) >= 11 is 0. The van der Waals surface area contributed by atoms with Crippen LogP contribution in [0.15, 0.2) is 42.6 Å². The van der Waals surface area contributed by atoms with E-state index in [1.807, 2.05) is 37.3 Å². The Morgan fingerprint density at radius 1 is 1.21 bits per heavy atom. The highest BCUT2D eigenvalue weighted by Gasteiger charge is 2.13. The number of hydrogen-bond acceptors (Lipinski definition) is 3. The molecule has 94 valence electrons. The van der Waals surface area contributed by atoms with Crippen molar-refractivity contribution < 1.29 is 4.79 Å². The molecule has 5 nitrogen and oxygen atoms in total. The van der Waals surface area contributed by atoms with Crippen LogP contribution in [0.1, 0.15) is 16.1 Å². The summed E-state index contributed by atoms with van der Waals surface area (Å²) in [4.78, 5) is 16.2. The molecule has 2 N–H and O–H groups in total. The maximum atomic E-state index is 12.1. The number of pyridine rings is 1. The number of anilines is 1. The van der Waals surface area contributed by atoms with Gasteiger partial charge in [-0.05, 0) is 30.7 Å². The Bertz CT molecular complexity index is 748. The van der Waals surface area contributed by atoms with Crippen LogP contribution in [0.4, 0.5) is 5.82 Å². The van der Waals surface area contributed by atoms with Gasteiger partial charge in [-0.25, -0.2) is 0 Å². The van der Waals surface area contributed by atoms with Crippen molar-refractivity contribution in [2.24, 2.45) is 0 Å². The molecule has 0 atom stereocenters. The number of aryl methyl sites for hydroxylation is 1. The average Bonchev–Trinajstić information content (AvgIpc) is 2.83. The largest absolute Gasteiger partial charge is 0.303 e. The lowest BCUT2D eigenvalue weighted by atomic mass is 10.2. The van der Waals surface area contributed by atoms with E-state index in [2.05, 4.69) is 20.5 Å². The number of rotatable bonds is 2. The zero-order chi connectivity index (χ0) is 13.2. The number of para-hydroxylation sites is 1. The maximum absolute atomic E-state index is 12.1. The zero-order valence-electron chi connectivity index (χ0n) is 10.3. The number of amides is 1. The van der Waals surface area contributed by atoms with Crippen molar-refractivity contribution >= 4 is 22.6 Å². The van der Waals surface area contributed by atoms with Gasteiger partial charge in [0.25, 0.3) is 5.91 Å². The van der Waals surface area contributed by atoms with E-state index in [-0.39, 0.29) is 5.91 Å². The van der Waals surface area contributed by atoms with E-state index in [4.69, 9.17) is 0 Å². The first-order chi connectivity index (χ1) is 9.25. The molecule has 0 fully saturated rings. The summed E-state index contributed by atoms with van der Waals surface area (Å²) in [7, 11) is 0. The van der Waals surface area contributed by atoms with Gasteiger partial charge in [0, 0.05) is 11.6 Å². The first kappa shape index (κ1) is 11.4. The summed E-state index contributed by atoms with van der Waals surface area (Å²) in [6, 6.07) is 11.3. The van der Waals surface area contributed by atoms with Gasteiger partial charge in [-0.2, -0.15) is 5.10 Å². The Morgan fingerprint density at radius 3 is 2.89 bits per heavy atom. The topological polar surface area (TPSA) is 70.7 Å². The highest BCUT2D eigenvalue weighted by molar-refractivity contribution is 6.07. The van der Waals surface area contributed by atoms with E-state index in [1.165, 1.54) is 0 Å². The number of fused-ring (bicyclic) bond motifs is 1. The Hall–Kier alpha value is -2.69. The molecule has 2 aromatic heterocycles. The summed E-state index contributed by atoms with van der Waals surface area (Å²) < 4.78 is 0. The molecule has 0 aliphatic carbocycles. The Balaban J connectivity index is 1.94. The predicted molar refractivity (Wildman–Crippen MR) is 73.0 cm³/mol. The van der Waals surface area contributed by atoms with Crippen LogP contribution in [0.5, 0.6) is 0 Å². The lowest BCUT2D eigenvalue weighted by molar-refractivity contribution is 0.102. The number of benzene rings is 1. The van der Waals surface area contributed by atoms with Crippen LogP contribution in [-0.4, -0.2) is 21.1 Å². The van der Waals surface area contributed by atoms with Crippen LogP contribution < -0.4 is 5.32 Å². The van der Waals surface area contributed by atoms with Crippen molar-refractivity contribution in [3.8, 4) is 0 Å². The molecule has 0 unspecified atom stereocenters. The smallest absolute Gasteiger partial charge is 0.275 e. The molecule has 0 bridgehead atoms. The highest BCUT2D eigenvalue weighted by atomic mass is 16.2. The molecule has 1 aromatic carbocycles. The van der Waals surface area contributed by atoms with Gasteiger partial charge in [0.05, 0.1) is 5.52 Å². The number of nitrogens with one attached hydrogen (secondary N) is 2. The standard InChI is InChI=1S/C14H12N4O/c1-9-5-4-8-15-12(9)14(19)16-13-10-6-2-3-7-11(10)17-18-13/h2-8H,1H3,(H2,16,17,18,19). The molecular weight excluding hydrogens is 240 g/mol. The second-order valence-electron chi connectivity index (χ2n) is 4.24. The molecule has 0 spiro atoms. The van der Waals surface area contributed by atoms with E-state index < -0.39 is 0 Å². The zero-order valence-corrected chi connectivity index (χ0v) is 10.3. The third-order valence-corrected chi connectivity index (χ3v) is 2.93. The summed E-state index contributed by atoms with van der Waals surface area (Å²) in [5.41, 5.74) is 2.13. The average molecular weight is 252 g/mol. The molecule has 0 aliphatic heterocycles. The molecule has 0 saturated heterocycles. The second-order valence-corrected chi connectivity index (χ2v) is 4.24. The van der Waals surface area contributed by atoms with Crippen molar-refractivity contribution in [1.29, 1.82) is 0 Å². The number of carbonyl (C=O) groups excluding carboxylic acids is 1. The number of nitrogens with zero attached hydrogens (tertiary/aromatic N) is 2. The molecule has 1 amide bonds. The van der Waals surface area contributed by atoms with Crippen molar-refractivity contribution in [2.75, 3.05) is 5.32 Å². The fourth-order valence-corrected chi connectivity index (χ4v) is 1.95. The molecule has 2 heterocycles. The Morgan fingerprint density at radius 2 is 2.05 bits per heavy atom. The Labute approximate surface area is 109 Å².